The minimum absolute atomic E-state index is 0.0320. The van der Waals surface area contributed by atoms with Gasteiger partial charge < -0.3 is 24.3 Å². The zero-order valence-electron chi connectivity index (χ0n) is 18.6. The molecular formula is C24H26ClFN4O4. The number of fused-ring (bicyclic) bond motifs is 1. The quantitative estimate of drug-likeness (QED) is 0.509. The zero-order valence-corrected chi connectivity index (χ0v) is 19.4. The van der Waals surface area contributed by atoms with Crippen LogP contribution in [0.3, 0.4) is 0 Å². The zero-order chi connectivity index (χ0) is 23.3. The molecule has 2 aliphatic rings. The first-order valence-corrected chi connectivity index (χ1v) is 11.7. The van der Waals surface area contributed by atoms with Crippen molar-refractivity contribution in [2.45, 2.75) is 12.5 Å². The van der Waals surface area contributed by atoms with Crippen molar-refractivity contribution >= 4 is 34.0 Å². The summed E-state index contributed by atoms with van der Waals surface area (Å²) in [5.74, 6) is 1.32. The predicted octanol–water partition coefficient (Wildman–Crippen LogP) is 4.04. The number of anilines is 2. The molecule has 34 heavy (non-hydrogen) atoms. The van der Waals surface area contributed by atoms with Gasteiger partial charge in [0, 0.05) is 43.2 Å². The van der Waals surface area contributed by atoms with Crippen LogP contribution >= 0.6 is 11.6 Å². The highest BCUT2D eigenvalue weighted by atomic mass is 35.5. The van der Waals surface area contributed by atoms with Gasteiger partial charge in [0.05, 0.1) is 37.0 Å². The van der Waals surface area contributed by atoms with E-state index in [0.29, 0.717) is 48.3 Å². The number of rotatable bonds is 8. The van der Waals surface area contributed by atoms with Crippen molar-refractivity contribution in [2.75, 3.05) is 58.0 Å². The molecule has 3 aromatic rings. The molecule has 3 heterocycles. The average Bonchev–Trinajstić information content (AvgIpc) is 3.36. The average molecular weight is 489 g/mol. The molecule has 0 spiro atoms. The normalized spacial score (nSPS) is 18.8. The first-order chi connectivity index (χ1) is 16.7. The molecule has 5 rings (SSSR count). The lowest BCUT2D eigenvalue weighted by atomic mass is 10.2. The molecule has 180 valence electrons. The summed E-state index contributed by atoms with van der Waals surface area (Å²) in [5.41, 5.74) is 1.31. The lowest BCUT2D eigenvalue weighted by Crippen LogP contribution is -2.38. The first-order valence-electron chi connectivity index (χ1n) is 11.3. The molecule has 0 amide bonds. The van der Waals surface area contributed by atoms with Crippen molar-refractivity contribution in [3.8, 4) is 11.5 Å². The molecule has 0 radical (unpaired) electrons. The van der Waals surface area contributed by atoms with E-state index in [1.165, 1.54) is 18.5 Å². The molecule has 2 aromatic carbocycles. The number of ether oxygens (including phenoxy) is 4. The second-order valence-electron chi connectivity index (χ2n) is 8.20. The number of hydrogen-bond donors (Lipinski definition) is 1. The second kappa shape index (κ2) is 10.7. The molecule has 0 aliphatic carbocycles. The lowest BCUT2D eigenvalue weighted by molar-refractivity contribution is 0.0319. The Balaban J connectivity index is 1.41. The van der Waals surface area contributed by atoms with Gasteiger partial charge in [0.15, 0.2) is 11.5 Å². The van der Waals surface area contributed by atoms with E-state index in [1.54, 1.807) is 6.07 Å². The van der Waals surface area contributed by atoms with Crippen molar-refractivity contribution in [2.24, 2.45) is 0 Å². The fourth-order valence-corrected chi connectivity index (χ4v) is 4.15. The van der Waals surface area contributed by atoms with Gasteiger partial charge in [-0.25, -0.2) is 14.4 Å². The smallest absolute Gasteiger partial charge is 0.163 e. The van der Waals surface area contributed by atoms with E-state index in [9.17, 15) is 4.39 Å². The van der Waals surface area contributed by atoms with Crippen LogP contribution in [0.25, 0.3) is 10.9 Å². The maximum absolute atomic E-state index is 13.6. The van der Waals surface area contributed by atoms with Crippen molar-refractivity contribution in [3.63, 3.8) is 0 Å². The Bertz CT molecular complexity index is 1140. The van der Waals surface area contributed by atoms with Crippen molar-refractivity contribution in [1.82, 2.24) is 14.9 Å². The van der Waals surface area contributed by atoms with Gasteiger partial charge in [-0.05, 0) is 24.3 Å². The molecular weight excluding hydrogens is 463 g/mol. The molecule has 2 saturated heterocycles. The molecule has 10 heteroatoms. The Morgan fingerprint density at radius 1 is 1.09 bits per heavy atom. The lowest BCUT2D eigenvalue weighted by Gasteiger charge is -2.26. The van der Waals surface area contributed by atoms with E-state index in [-0.39, 0.29) is 11.1 Å². The van der Waals surface area contributed by atoms with Crippen LogP contribution in [0.2, 0.25) is 5.02 Å². The van der Waals surface area contributed by atoms with E-state index in [4.69, 9.17) is 30.5 Å². The Labute approximate surface area is 201 Å². The summed E-state index contributed by atoms with van der Waals surface area (Å²) >= 11 is 5.94. The molecule has 0 bridgehead atoms. The SMILES string of the molecule is Fc1ccc(Nc2ncnc3cc(OCCN4CCOCC4)c(OC4CCOC4)cc23)cc1Cl. The summed E-state index contributed by atoms with van der Waals surface area (Å²) in [6.07, 6.45) is 2.24. The van der Waals surface area contributed by atoms with Crippen molar-refractivity contribution < 1.29 is 23.3 Å². The summed E-state index contributed by atoms with van der Waals surface area (Å²) in [5, 5.41) is 3.98. The van der Waals surface area contributed by atoms with Crippen LogP contribution in [-0.4, -0.2) is 73.6 Å². The number of aromatic nitrogens is 2. The highest BCUT2D eigenvalue weighted by Gasteiger charge is 2.21. The monoisotopic (exact) mass is 488 g/mol. The fourth-order valence-electron chi connectivity index (χ4n) is 3.97. The molecule has 8 nitrogen and oxygen atoms in total. The van der Waals surface area contributed by atoms with Gasteiger partial charge in [0.2, 0.25) is 0 Å². The fraction of sp³-hybridized carbons (Fsp3) is 0.417. The molecule has 1 unspecified atom stereocenters. The molecule has 1 atom stereocenters. The molecule has 2 fully saturated rings. The number of morpholine rings is 1. The van der Waals surface area contributed by atoms with Crippen LogP contribution in [0.5, 0.6) is 11.5 Å². The maximum Gasteiger partial charge on any atom is 0.163 e. The van der Waals surface area contributed by atoms with Gasteiger partial charge in [0.1, 0.15) is 30.7 Å². The Kier molecular flexibility index (Phi) is 7.24. The molecule has 2 aliphatic heterocycles. The Morgan fingerprint density at radius 2 is 1.97 bits per heavy atom. The van der Waals surface area contributed by atoms with Crippen LogP contribution in [0.4, 0.5) is 15.9 Å². The van der Waals surface area contributed by atoms with Gasteiger partial charge in [-0.3, -0.25) is 4.90 Å². The molecule has 1 aromatic heterocycles. The first kappa shape index (κ1) is 23.0. The van der Waals surface area contributed by atoms with E-state index >= 15 is 0 Å². The number of halogens is 2. The standard InChI is InChI=1S/C24H26ClFN4O4/c25-19-11-16(1-2-20(19)26)29-24-18-12-23(34-17-3-7-32-14-17)22(13-21(18)27-15-28-24)33-10-6-30-4-8-31-9-5-30/h1-2,11-13,15,17H,3-10,14H2,(H,27,28,29). The minimum Gasteiger partial charge on any atom is -0.488 e. The summed E-state index contributed by atoms with van der Waals surface area (Å²) in [7, 11) is 0. The third-order valence-corrected chi connectivity index (χ3v) is 6.12. The largest absolute Gasteiger partial charge is 0.488 e. The second-order valence-corrected chi connectivity index (χ2v) is 8.61. The van der Waals surface area contributed by atoms with Crippen LogP contribution in [0.1, 0.15) is 6.42 Å². The molecule has 1 N–H and O–H groups in total. The van der Waals surface area contributed by atoms with E-state index in [1.807, 2.05) is 12.1 Å². The van der Waals surface area contributed by atoms with Crippen LogP contribution in [-0.2, 0) is 9.47 Å². The number of nitrogens with one attached hydrogen (secondary N) is 1. The number of nitrogens with zero attached hydrogens (tertiary/aromatic N) is 3. The minimum atomic E-state index is -0.479. The van der Waals surface area contributed by atoms with Gasteiger partial charge >= 0.3 is 0 Å². The van der Waals surface area contributed by atoms with Gasteiger partial charge in [-0.2, -0.15) is 0 Å². The van der Waals surface area contributed by atoms with Crippen LogP contribution < -0.4 is 14.8 Å². The topological polar surface area (TPSA) is 78.0 Å². The highest BCUT2D eigenvalue weighted by molar-refractivity contribution is 6.31. The van der Waals surface area contributed by atoms with E-state index in [0.717, 1.165) is 44.7 Å². The number of benzene rings is 2. The summed E-state index contributed by atoms with van der Waals surface area (Å²) < 4.78 is 36.9. The summed E-state index contributed by atoms with van der Waals surface area (Å²) in [6.45, 7) is 5.83. The van der Waals surface area contributed by atoms with Crippen LogP contribution in [0.15, 0.2) is 36.7 Å². The van der Waals surface area contributed by atoms with Crippen molar-refractivity contribution in [1.29, 1.82) is 0 Å². The van der Waals surface area contributed by atoms with Gasteiger partial charge in [-0.15, -0.1) is 0 Å². The van der Waals surface area contributed by atoms with Gasteiger partial charge in [-0.1, -0.05) is 11.6 Å². The van der Waals surface area contributed by atoms with Crippen molar-refractivity contribution in [3.05, 3.63) is 47.5 Å². The highest BCUT2D eigenvalue weighted by Crippen LogP contribution is 2.36. The Hall–Kier alpha value is -2.72. The van der Waals surface area contributed by atoms with E-state index < -0.39 is 5.82 Å². The number of hydrogen-bond acceptors (Lipinski definition) is 8. The third kappa shape index (κ3) is 5.50. The third-order valence-electron chi connectivity index (χ3n) is 5.83. The summed E-state index contributed by atoms with van der Waals surface area (Å²) in [6, 6.07) is 8.17. The summed E-state index contributed by atoms with van der Waals surface area (Å²) in [4.78, 5) is 11.1. The molecule has 0 saturated carbocycles. The van der Waals surface area contributed by atoms with Crippen LogP contribution in [0, 0.1) is 5.82 Å². The predicted molar refractivity (Wildman–Crippen MR) is 127 cm³/mol. The maximum atomic E-state index is 13.6. The Morgan fingerprint density at radius 3 is 2.76 bits per heavy atom. The van der Waals surface area contributed by atoms with Gasteiger partial charge in [0.25, 0.3) is 0 Å². The van der Waals surface area contributed by atoms with E-state index in [2.05, 4.69) is 20.2 Å².